The van der Waals surface area contributed by atoms with Gasteiger partial charge in [-0.2, -0.15) is 5.26 Å². The predicted molar refractivity (Wildman–Crippen MR) is 126 cm³/mol. The van der Waals surface area contributed by atoms with Crippen molar-refractivity contribution in [3.63, 3.8) is 0 Å². The van der Waals surface area contributed by atoms with Crippen molar-refractivity contribution in [2.24, 2.45) is 0 Å². The number of carbonyl (C=O) groups is 1. The molecule has 1 aromatic carbocycles. The molecule has 7 nitrogen and oxygen atoms in total. The molecule has 0 bridgehead atoms. The van der Waals surface area contributed by atoms with E-state index in [1.807, 2.05) is 67.6 Å². The smallest absolute Gasteiger partial charge is 0.239 e. The molecule has 0 unspecified atom stereocenters. The molecule has 0 saturated carbocycles. The number of amides is 1. The van der Waals surface area contributed by atoms with E-state index >= 15 is 0 Å². The first-order valence-corrected chi connectivity index (χ1v) is 11.2. The fourth-order valence-electron chi connectivity index (χ4n) is 3.68. The van der Waals surface area contributed by atoms with Gasteiger partial charge >= 0.3 is 0 Å². The van der Waals surface area contributed by atoms with Crippen LogP contribution in [0, 0.1) is 25.2 Å². The molecule has 8 heteroatoms. The van der Waals surface area contributed by atoms with Crippen LogP contribution in [0.15, 0.2) is 47.1 Å². The van der Waals surface area contributed by atoms with E-state index in [1.54, 1.807) is 17.6 Å². The molecular formula is C24H25N5O2S. The van der Waals surface area contributed by atoms with Crippen LogP contribution < -0.4 is 5.32 Å². The summed E-state index contributed by atoms with van der Waals surface area (Å²) in [5.74, 6) is 1.07. The molecule has 0 saturated heterocycles. The number of carbonyl (C=O) groups excluding carboxylic acids is 1. The average Bonchev–Trinajstić information content (AvgIpc) is 3.49. The summed E-state index contributed by atoms with van der Waals surface area (Å²) >= 11 is 1.64. The molecule has 3 heterocycles. The summed E-state index contributed by atoms with van der Waals surface area (Å²) < 4.78 is 8.52. The first kappa shape index (κ1) is 21.8. The van der Waals surface area contributed by atoms with E-state index in [0.717, 1.165) is 32.2 Å². The minimum Gasteiger partial charge on any atom is -0.467 e. The highest BCUT2D eigenvalue weighted by Crippen LogP contribution is 2.30. The Hall–Kier alpha value is -3.41. The molecule has 0 aliphatic heterocycles. The molecule has 4 rings (SSSR count). The second kappa shape index (κ2) is 8.99. The van der Waals surface area contributed by atoms with E-state index in [9.17, 15) is 10.1 Å². The number of thiazole rings is 1. The van der Waals surface area contributed by atoms with E-state index in [2.05, 4.69) is 17.5 Å². The molecular weight excluding hydrogens is 422 g/mol. The maximum atomic E-state index is 13.0. The van der Waals surface area contributed by atoms with E-state index in [1.165, 1.54) is 0 Å². The number of nitriles is 1. The second-order valence-electron chi connectivity index (χ2n) is 7.87. The lowest BCUT2D eigenvalue weighted by atomic mass is 10.2. The molecule has 1 amide bonds. The Labute approximate surface area is 190 Å². The van der Waals surface area contributed by atoms with Crippen molar-refractivity contribution in [2.45, 2.75) is 33.4 Å². The molecule has 0 aliphatic carbocycles. The van der Waals surface area contributed by atoms with Crippen molar-refractivity contribution in [1.82, 2.24) is 14.5 Å². The Morgan fingerprint density at radius 2 is 2.09 bits per heavy atom. The molecule has 0 aliphatic rings. The van der Waals surface area contributed by atoms with Crippen LogP contribution in [0.25, 0.3) is 10.2 Å². The molecule has 4 aromatic rings. The van der Waals surface area contributed by atoms with Crippen molar-refractivity contribution in [1.29, 1.82) is 5.26 Å². The number of anilines is 1. The monoisotopic (exact) mass is 447 g/mol. The van der Waals surface area contributed by atoms with Crippen molar-refractivity contribution >= 4 is 33.3 Å². The number of furan rings is 1. The molecule has 0 fully saturated rings. The number of fused-ring (bicyclic) bond motifs is 1. The summed E-state index contributed by atoms with van der Waals surface area (Å²) in [6.45, 7) is 6.49. The second-order valence-corrected chi connectivity index (χ2v) is 8.93. The summed E-state index contributed by atoms with van der Waals surface area (Å²) in [7, 11) is 1.90. The molecule has 0 spiro atoms. The summed E-state index contributed by atoms with van der Waals surface area (Å²) in [5.41, 5.74) is 3.22. The van der Waals surface area contributed by atoms with Gasteiger partial charge in [-0.3, -0.25) is 9.69 Å². The number of benzene rings is 1. The van der Waals surface area contributed by atoms with Crippen LogP contribution in [0.1, 0.15) is 40.6 Å². The molecule has 1 atom stereocenters. The van der Waals surface area contributed by atoms with Crippen LogP contribution in [0.3, 0.4) is 0 Å². The predicted octanol–water partition coefficient (Wildman–Crippen LogP) is 4.86. The van der Waals surface area contributed by atoms with Gasteiger partial charge in [0.05, 0.1) is 41.2 Å². The highest BCUT2D eigenvalue weighted by atomic mass is 32.1. The van der Waals surface area contributed by atoms with Crippen LogP contribution in [-0.2, 0) is 11.3 Å². The number of nitrogens with zero attached hydrogens (tertiary/aromatic N) is 4. The van der Waals surface area contributed by atoms with Crippen LogP contribution in [-0.4, -0.2) is 34.0 Å². The molecule has 1 N–H and O–H groups in total. The number of para-hydroxylation sites is 1. The van der Waals surface area contributed by atoms with Crippen LogP contribution in [0.5, 0.6) is 0 Å². The van der Waals surface area contributed by atoms with E-state index < -0.39 is 0 Å². The van der Waals surface area contributed by atoms with Crippen LogP contribution in [0.2, 0.25) is 0 Å². The zero-order valence-corrected chi connectivity index (χ0v) is 19.4. The average molecular weight is 448 g/mol. The van der Waals surface area contributed by atoms with E-state index in [-0.39, 0.29) is 18.5 Å². The Kier molecular flexibility index (Phi) is 6.12. The Bertz CT molecular complexity index is 1260. The van der Waals surface area contributed by atoms with Gasteiger partial charge in [-0.1, -0.05) is 12.1 Å². The van der Waals surface area contributed by atoms with Gasteiger partial charge in [-0.25, -0.2) is 4.98 Å². The minimum atomic E-state index is -0.185. The normalized spacial score (nSPS) is 12.2. The standard InChI is InChI=1S/C24H25N5O2S/c1-15-16(2)29(13-18-8-7-11-31-18)23(19(15)12-25)27-22(30)14-28(4)17(3)24-26-20-9-5-6-10-21(20)32-24/h5-11,17H,13-14H2,1-4H3,(H,27,30)/t17-/m0/s1. The molecule has 164 valence electrons. The number of nitrogens with one attached hydrogen (secondary N) is 1. The summed E-state index contributed by atoms with van der Waals surface area (Å²) in [6, 6.07) is 13.9. The van der Waals surface area contributed by atoms with Gasteiger partial charge in [-0.05, 0) is 57.6 Å². The lowest BCUT2D eigenvalue weighted by Crippen LogP contribution is -2.33. The Balaban J connectivity index is 1.52. The van der Waals surface area contributed by atoms with Crippen LogP contribution in [0.4, 0.5) is 5.82 Å². The zero-order chi connectivity index (χ0) is 22.8. The number of hydrogen-bond acceptors (Lipinski definition) is 6. The SMILES string of the molecule is Cc1c(C#N)c(NC(=O)CN(C)[C@@H](C)c2nc3ccccc3s2)n(Cc2ccco2)c1C. The molecule has 32 heavy (non-hydrogen) atoms. The van der Waals surface area contributed by atoms with Gasteiger partial charge in [0.2, 0.25) is 5.91 Å². The summed E-state index contributed by atoms with van der Waals surface area (Å²) in [6.07, 6.45) is 1.61. The third kappa shape index (κ3) is 4.17. The Morgan fingerprint density at radius 3 is 2.78 bits per heavy atom. The van der Waals surface area contributed by atoms with Gasteiger partial charge in [0.1, 0.15) is 22.7 Å². The van der Waals surface area contributed by atoms with Crippen LogP contribution >= 0.6 is 11.3 Å². The summed E-state index contributed by atoms with van der Waals surface area (Å²) in [5, 5.41) is 13.6. The first-order chi connectivity index (χ1) is 15.4. The topological polar surface area (TPSA) is 87.1 Å². The van der Waals surface area contributed by atoms with E-state index in [4.69, 9.17) is 9.40 Å². The van der Waals surface area contributed by atoms with Crippen molar-refractivity contribution < 1.29 is 9.21 Å². The largest absolute Gasteiger partial charge is 0.467 e. The van der Waals surface area contributed by atoms with Gasteiger partial charge < -0.3 is 14.3 Å². The van der Waals surface area contributed by atoms with Crippen molar-refractivity contribution in [2.75, 3.05) is 18.9 Å². The maximum Gasteiger partial charge on any atom is 0.239 e. The molecule has 3 aromatic heterocycles. The van der Waals surface area contributed by atoms with Gasteiger partial charge in [0.15, 0.2) is 0 Å². The maximum absolute atomic E-state index is 13.0. The molecule has 0 radical (unpaired) electrons. The van der Waals surface area contributed by atoms with Crippen molar-refractivity contribution in [3.05, 3.63) is 70.3 Å². The lowest BCUT2D eigenvalue weighted by molar-refractivity contribution is -0.117. The fraction of sp³-hybridized carbons (Fsp3) is 0.292. The highest BCUT2D eigenvalue weighted by molar-refractivity contribution is 7.18. The fourth-order valence-corrected chi connectivity index (χ4v) is 4.76. The lowest BCUT2D eigenvalue weighted by Gasteiger charge is -2.22. The van der Waals surface area contributed by atoms with Gasteiger partial charge in [-0.15, -0.1) is 11.3 Å². The highest BCUT2D eigenvalue weighted by Gasteiger charge is 2.23. The van der Waals surface area contributed by atoms with E-state index in [0.29, 0.717) is 17.9 Å². The number of likely N-dealkylation sites (N-methyl/N-ethyl adjacent to an activating group) is 1. The van der Waals surface area contributed by atoms with Gasteiger partial charge in [0.25, 0.3) is 0 Å². The zero-order valence-electron chi connectivity index (χ0n) is 18.5. The number of hydrogen-bond donors (Lipinski definition) is 1. The Morgan fingerprint density at radius 1 is 1.31 bits per heavy atom. The third-order valence-corrected chi connectivity index (χ3v) is 7.02. The minimum absolute atomic E-state index is 0.0213. The number of aromatic nitrogens is 2. The number of rotatable bonds is 7. The van der Waals surface area contributed by atoms with Crippen molar-refractivity contribution in [3.8, 4) is 6.07 Å². The summed E-state index contributed by atoms with van der Waals surface area (Å²) in [4.78, 5) is 19.6. The third-order valence-electron chi connectivity index (χ3n) is 5.81. The van der Waals surface area contributed by atoms with Gasteiger partial charge in [0, 0.05) is 5.69 Å². The first-order valence-electron chi connectivity index (χ1n) is 10.4. The quantitative estimate of drug-likeness (QED) is 0.437.